The fraction of sp³-hybridized carbons (Fsp3) is 0.857. The summed E-state index contributed by atoms with van der Waals surface area (Å²) in [5.41, 5.74) is 1.87. The summed E-state index contributed by atoms with van der Waals surface area (Å²) in [6, 6.07) is 0.860. The molecule has 0 bridgehead atoms. The van der Waals surface area contributed by atoms with Gasteiger partial charge in [0.15, 0.2) is 5.78 Å². The smallest absolute Gasteiger partial charge is 0.313 e. The van der Waals surface area contributed by atoms with Crippen molar-refractivity contribution in [3.63, 3.8) is 0 Å². The average Bonchev–Trinajstić information content (AvgIpc) is 3.46. The maximum absolute atomic E-state index is 12.0. The van der Waals surface area contributed by atoms with E-state index in [-0.39, 0.29) is 6.09 Å². The highest BCUT2D eigenvalue weighted by atomic mass is 32.1. The minimum atomic E-state index is -0.301. The predicted molar refractivity (Wildman–Crippen MR) is 184 cm³/mol. The molecule has 0 aromatic rings. The molecule has 0 aromatic carbocycles. The quantitative estimate of drug-likeness (QED) is 0.107. The highest BCUT2D eigenvalue weighted by Crippen LogP contribution is 2.63. The molecular weight excluding hydrogens is 553 g/mol. The van der Waals surface area contributed by atoms with Crippen molar-refractivity contribution in [1.29, 1.82) is 0 Å². The van der Waals surface area contributed by atoms with Crippen LogP contribution in [-0.4, -0.2) is 59.6 Å². The van der Waals surface area contributed by atoms with Gasteiger partial charge >= 0.3 is 6.09 Å². The maximum Gasteiger partial charge on any atom is 0.436 e. The van der Waals surface area contributed by atoms with Gasteiger partial charge in [-0.2, -0.15) is 12.6 Å². The number of nitrogens with one attached hydrogen (secondary N) is 1. The third-order valence-corrected chi connectivity index (χ3v) is 12.5. The Labute approximate surface area is 268 Å². The molecule has 3 aliphatic heterocycles. The van der Waals surface area contributed by atoms with Crippen molar-refractivity contribution in [2.24, 2.45) is 22.4 Å². The Morgan fingerprint density at radius 1 is 1.19 bits per heavy atom. The van der Waals surface area contributed by atoms with Crippen LogP contribution in [0.2, 0.25) is 18.0 Å². The van der Waals surface area contributed by atoms with Crippen LogP contribution >= 0.6 is 12.6 Å². The zero-order valence-electron chi connectivity index (χ0n) is 28.1. The second-order valence-electron chi connectivity index (χ2n) is 15.3. The van der Waals surface area contributed by atoms with Crippen LogP contribution in [0.1, 0.15) is 125 Å². The molecule has 0 radical (unpaired) electrons. The van der Waals surface area contributed by atoms with E-state index in [1.807, 2.05) is 11.0 Å². The van der Waals surface area contributed by atoms with Crippen LogP contribution in [0.5, 0.6) is 0 Å². The van der Waals surface area contributed by atoms with Gasteiger partial charge < -0.3 is 10.2 Å². The fourth-order valence-electron chi connectivity index (χ4n) is 9.09. The summed E-state index contributed by atoms with van der Waals surface area (Å²) in [4.78, 5) is 30.5. The normalized spacial score (nSPS) is 34.4. The van der Waals surface area contributed by atoms with E-state index in [0.29, 0.717) is 28.0 Å². The predicted octanol–water partition coefficient (Wildman–Crippen LogP) is 8.60. The number of hydrogen-bond acceptors (Lipinski definition) is 6. The van der Waals surface area contributed by atoms with Gasteiger partial charge in [-0.3, -0.25) is 9.63 Å². The van der Waals surface area contributed by atoms with Crippen molar-refractivity contribution in [3.8, 4) is 0 Å². The number of rotatable bonds is 5. The molecule has 6 unspecified atom stereocenters. The van der Waals surface area contributed by atoms with Crippen LogP contribution in [0.15, 0.2) is 16.8 Å². The van der Waals surface area contributed by atoms with E-state index in [9.17, 15) is 9.59 Å². The van der Waals surface area contributed by atoms with Gasteiger partial charge in [0.05, 0.1) is 0 Å². The summed E-state index contributed by atoms with van der Waals surface area (Å²) >= 11 is 5.18. The number of carbonyl (C=O) groups is 2. The number of ketones is 1. The van der Waals surface area contributed by atoms with Crippen molar-refractivity contribution >= 4 is 37.4 Å². The molecule has 43 heavy (non-hydrogen) atoms. The van der Waals surface area contributed by atoms with E-state index in [2.05, 4.69) is 45.1 Å². The standard InChI is InChI=1S/C17H25BOS.C15H27N3O2.C3H8/c1-11-2-5-16-17(11,20)8-6-15-14-4-3-13(19)10-12(14)7-9-18(15)16;1-4-17-20-14(19)18(13-6-5-7-13)9-8-12-10-15(2,3)11-16-12;1-3-2/h10-11,14-16,20H,2-9H2,1H3;4,12-13,16H,5-11H2,1-3H3;3H2,1-2H3/b;17-4-;. The second-order valence-corrected chi connectivity index (χ2v) is 16.1. The lowest BCUT2D eigenvalue weighted by atomic mass is 9.23. The third-order valence-electron chi connectivity index (χ3n) is 11.5. The van der Waals surface area contributed by atoms with Gasteiger partial charge in [-0.1, -0.05) is 76.7 Å². The van der Waals surface area contributed by atoms with E-state index in [1.54, 1.807) is 6.92 Å². The van der Waals surface area contributed by atoms with E-state index >= 15 is 0 Å². The van der Waals surface area contributed by atoms with E-state index in [4.69, 9.17) is 17.5 Å². The topological polar surface area (TPSA) is 71.0 Å². The average molecular weight is 614 g/mol. The van der Waals surface area contributed by atoms with E-state index in [0.717, 1.165) is 75.4 Å². The van der Waals surface area contributed by atoms with Crippen LogP contribution in [0, 0.1) is 17.3 Å². The Hall–Kier alpha value is -1.28. The molecule has 6 nitrogen and oxygen atoms in total. The molecule has 3 heterocycles. The molecule has 8 heteroatoms. The van der Waals surface area contributed by atoms with Crippen LogP contribution in [0.25, 0.3) is 0 Å². The monoisotopic (exact) mass is 613 g/mol. The molecule has 0 aromatic heterocycles. The summed E-state index contributed by atoms with van der Waals surface area (Å²) in [5, 5.41) is 7.16. The Balaban J connectivity index is 0.000000181. The first-order valence-corrected chi connectivity index (χ1v) is 18.1. The van der Waals surface area contributed by atoms with Crippen molar-refractivity contribution < 1.29 is 14.4 Å². The number of carbonyl (C=O) groups excluding carboxylic acids is 2. The van der Waals surface area contributed by atoms with Gasteiger partial charge in [0, 0.05) is 42.6 Å². The van der Waals surface area contributed by atoms with E-state index in [1.165, 1.54) is 69.5 Å². The molecule has 1 N–H and O–H groups in total. The van der Waals surface area contributed by atoms with Gasteiger partial charge in [-0.15, -0.1) is 0 Å². The van der Waals surface area contributed by atoms with Crippen LogP contribution in [0.3, 0.4) is 0 Å². The largest absolute Gasteiger partial charge is 0.436 e. The van der Waals surface area contributed by atoms with Gasteiger partial charge in [0.2, 0.25) is 0 Å². The first-order chi connectivity index (χ1) is 20.5. The van der Waals surface area contributed by atoms with Gasteiger partial charge in [0.1, 0.15) is 6.71 Å². The number of nitrogens with zero attached hydrogens (tertiary/aromatic N) is 2. The van der Waals surface area contributed by atoms with E-state index < -0.39 is 0 Å². The molecule has 1 amide bonds. The number of allylic oxidation sites excluding steroid dienone is 2. The maximum atomic E-state index is 12.0. The summed E-state index contributed by atoms with van der Waals surface area (Å²) in [7, 11) is 0. The molecule has 3 aliphatic carbocycles. The Kier molecular flexibility index (Phi) is 12.3. The van der Waals surface area contributed by atoms with Gasteiger partial charge in [0.25, 0.3) is 0 Å². The molecule has 6 aliphatic rings. The molecule has 6 atom stereocenters. The zero-order valence-corrected chi connectivity index (χ0v) is 29.0. The zero-order chi connectivity index (χ0) is 31.2. The minimum absolute atomic E-state index is 0.301. The molecule has 3 saturated heterocycles. The number of fused-ring (bicyclic) bond motifs is 5. The third kappa shape index (κ3) is 8.31. The number of thiol groups is 1. The SMILES string of the molecule is C/C=N\OC(=O)N(CCC1CC(C)(C)CN1)C1CCC1.CC1CCC2B3CCC4=CC(=O)CCC4C3CCC12S.CCC. The Morgan fingerprint density at radius 2 is 1.93 bits per heavy atom. The lowest BCUT2D eigenvalue weighted by molar-refractivity contribution is -0.115. The highest BCUT2D eigenvalue weighted by Gasteiger charge is 2.57. The fourth-order valence-corrected chi connectivity index (χ4v) is 9.67. The summed E-state index contributed by atoms with van der Waals surface area (Å²) in [6.45, 7) is 15.7. The number of oxime groups is 1. The highest BCUT2D eigenvalue weighted by molar-refractivity contribution is 7.82. The first kappa shape index (κ1) is 34.6. The van der Waals surface area contributed by atoms with Crippen LogP contribution in [0.4, 0.5) is 4.79 Å². The molecule has 242 valence electrons. The van der Waals surface area contributed by atoms with Crippen molar-refractivity contribution in [3.05, 3.63) is 11.6 Å². The van der Waals surface area contributed by atoms with Crippen LogP contribution < -0.4 is 5.32 Å². The molecule has 0 spiro atoms. The Morgan fingerprint density at radius 3 is 2.56 bits per heavy atom. The number of amides is 1. The van der Waals surface area contributed by atoms with Crippen molar-refractivity contribution in [2.45, 2.75) is 160 Å². The second kappa shape index (κ2) is 15.3. The number of hydrogen-bond donors (Lipinski definition) is 2. The minimum Gasteiger partial charge on any atom is -0.313 e. The van der Waals surface area contributed by atoms with Crippen molar-refractivity contribution in [1.82, 2.24) is 10.2 Å². The first-order valence-electron chi connectivity index (χ1n) is 17.7. The Bertz CT molecular complexity index is 1010. The summed E-state index contributed by atoms with van der Waals surface area (Å²) < 4.78 is 0.326. The molecule has 5 fully saturated rings. The van der Waals surface area contributed by atoms with Crippen molar-refractivity contribution in [2.75, 3.05) is 13.1 Å². The molecule has 2 saturated carbocycles. The van der Waals surface area contributed by atoms with Gasteiger partial charge in [-0.05, 0) is 93.9 Å². The van der Waals surface area contributed by atoms with Crippen LogP contribution in [-0.2, 0) is 9.63 Å². The molecule has 6 rings (SSSR count). The lowest BCUT2D eigenvalue weighted by Crippen LogP contribution is -2.48. The summed E-state index contributed by atoms with van der Waals surface area (Å²) in [6.07, 6.45) is 19.9. The lowest BCUT2D eigenvalue weighted by Gasteiger charge is -2.51. The molecular formula is C35H60BN3O3S. The summed E-state index contributed by atoms with van der Waals surface area (Å²) in [5.74, 6) is 3.61. The van der Waals surface area contributed by atoms with Gasteiger partial charge in [-0.25, -0.2) is 4.79 Å².